The third-order valence-electron chi connectivity index (χ3n) is 2.16. The maximum atomic E-state index is 11.8. The van der Waals surface area contributed by atoms with Crippen molar-refractivity contribution in [3.8, 4) is 0 Å². The van der Waals surface area contributed by atoms with E-state index in [1.807, 2.05) is 60.7 Å². The Morgan fingerprint density at radius 2 is 1.33 bits per heavy atom. The van der Waals surface area contributed by atoms with Crippen molar-refractivity contribution in [2.24, 2.45) is 0 Å². The molecule has 0 aliphatic rings. The van der Waals surface area contributed by atoms with Crippen LogP contribution < -0.4 is 0 Å². The highest BCUT2D eigenvalue weighted by molar-refractivity contribution is 6.04. The van der Waals surface area contributed by atoms with Crippen molar-refractivity contribution < 1.29 is 4.79 Å². The van der Waals surface area contributed by atoms with Crippen LogP contribution in [0.2, 0.25) is 0 Å². The molecule has 1 radical (unpaired) electrons. The molecule has 0 unspecified atom stereocenters. The molecule has 0 amide bonds. The molecule has 0 aromatic heterocycles. The van der Waals surface area contributed by atoms with Crippen molar-refractivity contribution in [1.82, 2.24) is 0 Å². The SMILES string of the molecule is O=C([CH]c1ccccc1)c1ccccc1. The highest BCUT2D eigenvalue weighted by Gasteiger charge is 2.05. The van der Waals surface area contributed by atoms with Crippen LogP contribution in [0.3, 0.4) is 0 Å². The molecule has 0 aliphatic carbocycles. The second kappa shape index (κ2) is 4.56. The Labute approximate surface area is 89.4 Å². The van der Waals surface area contributed by atoms with Crippen LogP contribution in [0.5, 0.6) is 0 Å². The van der Waals surface area contributed by atoms with Gasteiger partial charge < -0.3 is 0 Å². The van der Waals surface area contributed by atoms with Gasteiger partial charge in [-0.3, -0.25) is 4.79 Å². The van der Waals surface area contributed by atoms with Gasteiger partial charge in [0.2, 0.25) is 0 Å². The van der Waals surface area contributed by atoms with Gasteiger partial charge in [-0.2, -0.15) is 0 Å². The first-order valence-electron chi connectivity index (χ1n) is 4.85. The Hall–Kier alpha value is -1.89. The number of hydrogen-bond donors (Lipinski definition) is 0. The first kappa shape index (κ1) is 9.66. The number of ketones is 1. The number of carbonyl (C=O) groups excluding carboxylic acids is 1. The lowest BCUT2D eigenvalue weighted by molar-refractivity contribution is 0.103. The van der Waals surface area contributed by atoms with Crippen LogP contribution in [0.25, 0.3) is 0 Å². The fourth-order valence-corrected chi connectivity index (χ4v) is 1.39. The van der Waals surface area contributed by atoms with Crippen LogP contribution in [0.1, 0.15) is 15.9 Å². The van der Waals surface area contributed by atoms with E-state index in [0.717, 1.165) is 11.1 Å². The smallest absolute Gasteiger partial charge is 0.171 e. The lowest BCUT2D eigenvalue weighted by Gasteiger charge is -1.99. The zero-order valence-corrected chi connectivity index (χ0v) is 8.26. The third-order valence-corrected chi connectivity index (χ3v) is 2.16. The third kappa shape index (κ3) is 2.53. The number of carbonyl (C=O) groups is 1. The van der Waals surface area contributed by atoms with Gasteiger partial charge in [0.15, 0.2) is 5.78 Å². The van der Waals surface area contributed by atoms with Crippen LogP contribution in [-0.2, 0) is 0 Å². The normalized spacial score (nSPS) is 9.87. The number of rotatable bonds is 3. The Bertz CT molecular complexity index is 431. The standard InChI is InChI=1S/C14H11O/c15-14(13-9-5-2-6-10-13)11-12-7-3-1-4-8-12/h1-11H. The second-order valence-corrected chi connectivity index (χ2v) is 3.29. The van der Waals surface area contributed by atoms with Crippen LogP contribution >= 0.6 is 0 Å². The van der Waals surface area contributed by atoms with E-state index in [4.69, 9.17) is 0 Å². The summed E-state index contributed by atoms with van der Waals surface area (Å²) in [5.41, 5.74) is 1.66. The van der Waals surface area contributed by atoms with E-state index in [9.17, 15) is 4.79 Å². The summed E-state index contributed by atoms with van der Waals surface area (Å²) in [6, 6.07) is 18.9. The van der Waals surface area contributed by atoms with Gasteiger partial charge in [-0.05, 0) is 5.56 Å². The topological polar surface area (TPSA) is 17.1 Å². The van der Waals surface area contributed by atoms with E-state index in [-0.39, 0.29) is 5.78 Å². The molecule has 0 N–H and O–H groups in total. The summed E-state index contributed by atoms with van der Waals surface area (Å²) >= 11 is 0. The van der Waals surface area contributed by atoms with E-state index >= 15 is 0 Å². The number of hydrogen-bond acceptors (Lipinski definition) is 1. The fourth-order valence-electron chi connectivity index (χ4n) is 1.39. The van der Waals surface area contributed by atoms with Crippen molar-refractivity contribution in [2.45, 2.75) is 0 Å². The first-order valence-corrected chi connectivity index (χ1v) is 4.85. The van der Waals surface area contributed by atoms with E-state index in [1.54, 1.807) is 6.42 Å². The van der Waals surface area contributed by atoms with E-state index in [0.29, 0.717) is 0 Å². The van der Waals surface area contributed by atoms with Crippen molar-refractivity contribution in [3.05, 3.63) is 78.2 Å². The highest BCUT2D eigenvalue weighted by Crippen LogP contribution is 2.08. The number of benzene rings is 2. The monoisotopic (exact) mass is 195 g/mol. The molecule has 0 atom stereocenters. The Morgan fingerprint density at radius 3 is 1.93 bits per heavy atom. The molecule has 2 rings (SSSR count). The van der Waals surface area contributed by atoms with Gasteiger partial charge >= 0.3 is 0 Å². The molecular weight excluding hydrogens is 184 g/mol. The summed E-state index contributed by atoms with van der Waals surface area (Å²) in [7, 11) is 0. The summed E-state index contributed by atoms with van der Waals surface area (Å²) in [6.45, 7) is 0. The quantitative estimate of drug-likeness (QED) is 0.688. The maximum absolute atomic E-state index is 11.8. The van der Waals surface area contributed by atoms with Crippen LogP contribution in [0.4, 0.5) is 0 Å². The molecule has 2 aromatic rings. The zero-order valence-electron chi connectivity index (χ0n) is 8.26. The molecule has 2 aromatic carbocycles. The molecule has 1 heteroatoms. The molecule has 15 heavy (non-hydrogen) atoms. The lowest BCUT2D eigenvalue weighted by atomic mass is 10.0. The van der Waals surface area contributed by atoms with Crippen LogP contribution in [0.15, 0.2) is 60.7 Å². The Morgan fingerprint density at radius 1 is 0.800 bits per heavy atom. The van der Waals surface area contributed by atoms with Gasteiger partial charge in [0.25, 0.3) is 0 Å². The molecule has 0 aliphatic heterocycles. The molecule has 0 spiro atoms. The Kier molecular flexibility index (Phi) is 2.93. The first-order chi connectivity index (χ1) is 7.36. The molecule has 0 saturated carbocycles. The van der Waals surface area contributed by atoms with Crippen molar-refractivity contribution in [3.63, 3.8) is 0 Å². The summed E-state index contributed by atoms with van der Waals surface area (Å²) in [6.07, 6.45) is 1.65. The van der Waals surface area contributed by atoms with E-state index < -0.39 is 0 Å². The minimum atomic E-state index is 0.0433. The summed E-state index contributed by atoms with van der Waals surface area (Å²) in [4.78, 5) is 11.8. The lowest BCUT2D eigenvalue weighted by Crippen LogP contribution is -2.00. The van der Waals surface area contributed by atoms with Gasteiger partial charge in [-0.15, -0.1) is 0 Å². The van der Waals surface area contributed by atoms with Crippen LogP contribution in [0, 0.1) is 6.42 Å². The van der Waals surface area contributed by atoms with Crippen LogP contribution in [-0.4, -0.2) is 5.78 Å². The van der Waals surface area contributed by atoms with E-state index in [2.05, 4.69) is 0 Å². The van der Waals surface area contributed by atoms with Crippen molar-refractivity contribution >= 4 is 5.78 Å². The minimum Gasteiger partial charge on any atom is -0.293 e. The molecule has 1 nitrogen and oxygen atoms in total. The minimum absolute atomic E-state index is 0.0433. The molecule has 73 valence electrons. The number of Topliss-reactive ketones (excluding diaryl/α,β-unsaturated/α-hetero) is 1. The summed E-state index contributed by atoms with van der Waals surface area (Å²) in [5, 5.41) is 0. The summed E-state index contributed by atoms with van der Waals surface area (Å²) in [5.74, 6) is 0.0433. The second-order valence-electron chi connectivity index (χ2n) is 3.29. The predicted octanol–water partition coefficient (Wildman–Crippen LogP) is 3.12. The van der Waals surface area contributed by atoms with Crippen molar-refractivity contribution in [2.75, 3.05) is 0 Å². The average Bonchev–Trinajstić information content (AvgIpc) is 2.31. The van der Waals surface area contributed by atoms with E-state index in [1.165, 1.54) is 0 Å². The van der Waals surface area contributed by atoms with Gasteiger partial charge in [-0.1, -0.05) is 60.7 Å². The highest BCUT2D eigenvalue weighted by atomic mass is 16.1. The maximum Gasteiger partial charge on any atom is 0.171 e. The molecule has 0 heterocycles. The largest absolute Gasteiger partial charge is 0.293 e. The Balaban J connectivity index is 2.12. The zero-order chi connectivity index (χ0) is 10.5. The predicted molar refractivity (Wildman–Crippen MR) is 60.6 cm³/mol. The average molecular weight is 195 g/mol. The molecular formula is C14H11O. The van der Waals surface area contributed by atoms with Gasteiger partial charge in [0.1, 0.15) is 0 Å². The molecule has 0 bridgehead atoms. The molecule has 0 saturated heterocycles. The fraction of sp³-hybridized carbons (Fsp3) is 0. The van der Waals surface area contributed by atoms with Gasteiger partial charge in [-0.25, -0.2) is 0 Å². The van der Waals surface area contributed by atoms with Gasteiger partial charge in [0, 0.05) is 5.56 Å². The molecule has 0 fully saturated rings. The summed E-state index contributed by atoms with van der Waals surface area (Å²) < 4.78 is 0. The van der Waals surface area contributed by atoms with Gasteiger partial charge in [0.05, 0.1) is 6.42 Å². The van der Waals surface area contributed by atoms with Crippen molar-refractivity contribution in [1.29, 1.82) is 0 Å².